The van der Waals surface area contributed by atoms with Crippen LogP contribution in [0.2, 0.25) is 0 Å². The Labute approximate surface area is 100 Å². The molecule has 0 saturated carbocycles. The van der Waals surface area contributed by atoms with E-state index >= 15 is 0 Å². The molecule has 2 nitrogen and oxygen atoms in total. The number of nitrogens with two attached hydrogens (primary N) is 1. The number of benzene rings is 2. The summed E-state index contributed by atoms with van der Waals surface area (Å²) in [6.07, 6.45) is 0. The van der Waals surface area contributed by atoms with E-state index in [0.29, 0.717) is 16.9 Å². The quantitative estimate of drug-likeness (QED) is 0.771. The first kappa shape index (κ1) is 11.5. The third kappa shape index (κ3) is 2.38. The molecule has 2 rings (SSSR count). The number of nitrogens with one attached hydrogen (secondary N) is 1. The Morgan fingerprint density at radius 1 is 1.06 bits per heavy atom. The lowest BCUT2D eigenvalue weighted by atomic mass is 10.1. The van der Waals surface area contributed by atoms with Crippen LogP contribution in [0.4, 0.5) is 21.5 Å². The Balaban J connectivity index is 2.31. The highest BCUT2D eigenvalue weighted by molar-refractivity contribution is 5.74. The highest BCUT2D eigenvalue weighted by Crippen LogP contribution is 2.26. The molecule has 0 unspecified atom stereocenters. The van der Waals surface area contributed by atoms with Gasteiger partial charge in [0, 0.05) is 5.69 Å². The number of anilines is 3. The van der Waals surface area contributed by atoms with Gasteiger partial charge in [-0.05, 0) is 43.2 Å². The highest BCUT2D eigenvalue weighted by atomic mass is 19.1. The lowest BCUT2D eigenvalue weighted by molar-refractivity contribution is 0.619. The number of aryl methyl sites for hydroxylation is 2. The van der Waals surface area contributed by atoms with Gasteiger partial charge in [-0.3, -0.25) is 0 Å². The molecule has 3 heteroatoms. The number of nitrogen functional groups attached to an aromatic ring is 1. The summed E-state index contributed by atoms with van der Waals surface area (Å²) < 4.78 is 13.4. The minimum absolute atomic E-state index is 0.221. The van der Waals surface area contributed by atoms with Gasteiger partial charge in [0.2, 0.25) is 0 Å². The van der Waals surface area contributed by atoms with Gasteiger partial charge in [0.25, 0.3) is 0 Å². The van der Waals surface area contributed by atoms with Crippen molar-refractivity contribution in [3.63, 3.8) is 0 Å². The van der Waals surface area contributed by atoms with E-state index in [-0.39, 0.29) is 5.82 Å². The molecule has 0 aromatic heterocycles. The van der Waals surface area contributed by atoms with Gasteiger partial charge in [0.15, 0.2) is 0 Å². The molecular formula is C14H15FN2. The van der Waals surface area contributed by atoms with Gasteiger partial charge in [-0.2, -0.15) is 0 Å². The summed E-state index contributed by atoms with van der Waals surface area (Å²) in [5.41, 5.74) is 9.76. The molecule has 88 valence electrons. The molecule has 2 aromatic carbocycles. The third-order valence-corrected chi connectivity index (χ3v) is 2.77. The molecule has 17 heavy (non-hydrogen) atoms. The van der Waals surface area contributed by atoms with Crippen LogP contribution in [-0.2, 0) is 0 Å². The Bertz CT molecular complexity index is 550. The maximum Gasteiger partial charge on any atom is 0.128 e. The van der Waals surface area contributed by atoms with E-state index in [0.717, 1.165) is 11.3 Å². The molecule has 0 fully saturated rings. The van der Waals surface area contributed by atoms with Crippen LogP contribution < -0.4 is 11.1 Å². The van der Waals surface area contributed by atoms with Crippen LogP contribution in [0.25, 0.3) is 0 Å². The predicted octanol–water partition coefficient (Wildman–Crippen LogP) is 3.77. The van der Waals surface area contributed by atoms with E-state index < -0.39 is 0 Å². The summed E-state index contributed by atoms with van der Waals surface area (Å²) in [6.45, 7) is 3.68. The molecule has 0 radical (unpaired) electrons. The Kier molecular flexibility index (Phi) is 3.00. The second-order valence-corrected chi connectivity index (χ2v) is 4.13. The summed E-state index contributed by atoms with van der Waals surface area (Å²) in [6, 6.07) is 10.8. The summed E-state index contributed by atoms with van der Waals surface area (Å²) in [7, 11) is 0. The van der Waals surface area contributed by atoms with Crippen molar-refractivity contribution in [2.45, 2.75) is 13.8 Å². The molecule has 0 spiro atoms. The molecule has 2 aromatic rings. The largest absolute Gasteiger partial charge is 0.397 e. The van der Waals surface area contributed by atoms with Crippen molar-refractivity contribution in [1.29, 1.82) is 0 Å². The first-order valence-electron chi connectivity index (χ1n) is 5.46. The minimum atomic E-state index is -0.221. The molecule has 0 aliphatic rings. The molecule has 0 aliphatic heterocycles. The number of hydrogen-bond donors (Lipinski definition) is 2. The van der Waals surface area contributed by atoms with Gasteiger partial charge >= 0.3 is 0 Å². The van der Waals surface area contributed by atoms with E-state index in [1.807, 2.05) is 31.2 Å². The van der Waals surface area contributed by atoms with E-state index in [1.54, 1.807) is 13.0 Å². The van der Waals surface area contributed by atoms with Crippen molar-refractivity contribution in [1.82, 2.24) is 0 Å². The van der Waals surface area contributed by atoms with E-state index in [9.17, 15) is 4.39 Å². The summed E-state index contributed by atoms with van der Waals surface area (Å²) >= 11 is 0. The maximum absolute atomic E-state index is 13.4. The monoisotopic (exact) mass is 230 g/mol. The fraction of sp³-hybridized carbons (Fsp3) is 0.143. The first-order chi connectivity index (χ1) is 8.08. The van der Waals surface area contributed by atoms with Crippen molar-refractivity contribution < 1.29 is 4.39 Å². The zero-order chi connectivity index (χ0) is 12.4. The van der Waals surface area contributed by atoms with E-state index in [2.05, 4.69) is 5.32 Å². The molecular weight excluding hydrogens is 215 g/mol. The SMILES string of the molecule is Cc1ccc(Nc2cccc(C)c2N)cc1F. The zero-order valence-corrected chi connectivity index (χ0v) is 9.92. The number of halogens is 1. The number of rotatable bonds is 2. The lowest BCUT2D eigenvalue weighted by Gasteiger charge is -2.11. The predicted molar refractivity (Wildman–Crippen MR) is 70.0 cm³/mol. The van der Waals surface area contributed by atoms with Crippen molar-refractivity contribution in [2.75, 3.05) is 11.1 Å². The molecule has 3 N–H and O–H groups in total. The van der Waals surface area contributed by atoms with Gasteiger partial charge in [0.05, 0.1) is 11.4 Å². The van der Waals surface area contributed by atoms with Crippen LogP contribution in [0, 0.1) is 19.7 Å². The maximum atomic E-state index is 13.4. The highest BCUT2D eigenvalue weighted by Gasteiger charge is 2.03. The van der Waals surface area contributed by atoms with Gasteiger partial charge in [-0.25, -0.2) is 4.39 Å². The molecule has 0 amide bonds. The van der Waals surface area contributed by atoms with Crippen molar-refractivity contribution in [2.24, 2.45) is 0 Å². The van der Waals surface area contributed by atoms with Crippen LogP contribution in [-0.4, -0.2) is 0 Å². The van der Waals surface area contributed by atoms with Crippen LogP contribution in [0.15, 0.2) is 36.4 Å². The van der Waals surface area contributed by atoms with Crippen molar-refractivity contribution in [3.8, 4) is 0 Å². The minimum Gasteiger partial charge on any atom is -0.397 e. The fourth-order valence-corrected chi connectivity index (χ4v) is 1.62. The van der Waals surface area contributed by atoms with Gasteiger partial charge in [-0.15, -0.1) is 0 Å². The van der Waals surface area contributed by atoms with E-state index in [4.69, 9.17) is 5.73 Å². The Morgan fingerprint density at radius 3 is 2.53 bits per heavy atom. The standard InChI is InChI=1S/C14H15FN2/c1-9-6-7-11(8-12(9)15)17-13-5-3-4-10(2)14(13)16/h3-8,17H,16H2,1-2H3. The van der Waals surface area contributed by atoms with E-state index in [1.165, 1.54) is 6.07 Å². The van der Waals surface area contributed by atoms with Gasteiger partial charge in [0.1, 0.15) is 5.82 Å². The summed E-state index contributed by atoms with van der Waals surface area (Å²) in [4.78, 5) is 0. The van der Waals surface area contributed by atoms with Gasteiger partial charge < -0.3 is 11.1 Å². The topological polar surface area (TPSA) is 38.0 Å². The smallest absolute Gasteiger partial charge is 0.128 e. The van der Waals surface area contributed by atoms with Crippen LogP contribution in [0.3, 0.4) is 0 Å². The van der Waals surface area contributed by atoms with Gasteiger partial charge in [-0.1, -0.05) is 18.2 Å². The molecule has 0 atom stereocenters. The first-order valence-corrected chi connectivity index (χ1v) is 5.46. The van der Waals surface area contributed by atoms with Crippen LogP contribution in [0.1, 0.15) is 11.1 Å². The number of para-hydroxylation sites is 1. The fourth-order valence-electron chi connectivity index (χ4n) is 1.62. The molecule has 0 saturated heterocycles. The van der Waals surface area contributed by atoms with Crippen LogP contribution in [0.5, 0.6) is 0 Å². The molecule has 0 heterocycles. The van der Waals surface area contributed by atoms with Crippen molar-refractivity contribution >= 4 is 17.1 Å². The Morgan fingerprint density at radius 2 is 1.82 bits per heavy atom. The molecule has 0 bridgehead atoms. The normalized spacial score (nSPS) is 10.3. The average Bonchev–Trinajstić information content (AvgIpc) is 2.30. The summed E-state index contributed by atoms with van der Waals surface area (Å²) in [5.74, 6) is -0.221. The number of hydrogen-bond acceptors (Lipinski definition) is 2. The average molecular weight is 230 g/mol. The van der Waals surface area contributed by atoms with Crippen molar-refractivity contribution in [3.05, 3.63) is 53.3 Å². The zero-order valence-electron chi connectivity index (χ0n) is 9.92. The lowest BCUT2D eigenvalue weighted by Crippen LogP contribution is -1.98. The molecule has 0 aliphatic carbocycles. The Hall–Kier alpha value is -2.03. The van der Waals surface area contributed by atoms with Crippen LogP contribution >= 0.6 is 0 Å². The third-order valence-electron chi connectivity index (χ3n) is 2.77. The second-order valence-electron chi connectivity index (χ2n) is 4.13. The summed E-state index contributed by atoms with van der Waals surface area (Å²) in [5, 5.41) is 3.12. The second kappa shape index (κ2) is 4.45.